The summed E-state index contributed by atoms with van der Waals surface area (Å²) in [6.45, 7) is 0. The van der Waals surface area contributed by atoms with Crippen molar-refractivity contribution in [3.8, 4) is 0 Å². The predicted molar refractivity (Wildman–Crippen MR) is 69.8 cm³/mol. The zero-order chi connectivity index (χ0) is 11.2. The molecule has 5 heteroatoms. The van der Waals surface area contributed by atoms with Crippen LogP contribution < -0.4 is 5.73 Å². The first kappa shape index (κ1) is 11.4. The maximum absolute atomic E-state index is 5.72. The highest BCUT2D eigenvalue weighted by Crippen LogP contribution is 2.20. The van der Waals surface area contributed by atoms with Crippen molar-refractivity contribution >= 4 is 28.8 Å². The normalized spacial score (nSPS) is 10.5. The number of nitrogens with zero attached hydrogens (tertiary/aromatic N) is 2. The van der Waals surface area contributed by atoms with Crippen LogP contribution >= 0.6 is 23.1 Å². The van der Waals surface area contributed by atoms with Gasteiger partial charge in [0.1, 0.15) is 5.51 Å². The average molecular weight is 251 g/mol. The highest BCUT2D eigenvalue weighted by atomic mass is 32.2. The molecule has 2 N–H and O–H groups in total. The smallest absolute Gasteiger partial charge is 0.174 e. The van der Waals surface area contributed by atoms with E-state index in [1.807, 2.05) is 18.2 Å². The van der Waals surface area contributed by atoms with Crippen molar-refractivity contribution in [3.63, 3.8) is 0 Å². The number of benzene rings is 1. The number of hydrogen-bond donors (Lipinski definition) is 1. The van der Waals surface area contributed by atoms with Crippen molar-refractivity contribution in [2.75, 3.05) is 11.5 Å². The number of aromatic nitrogens is 2. The fraction of sp³-hybridized carbons (Fsp3) is 0.273. The zero-order valence-electron chi connectivity index (χ0n) is 8.80. The van der Waals surface area contributed by atoms with Gasteiger partial charge in [0.25, 0.3) is 0 Å². The second-order valence-electron chi connectivity index (χ2n) is 3.40. The van der Waals surface area contributed by atoms with Crippen LogP contribution in [0.5, 0.6) is 0 Å². The molecule has 2 aromatic rings. The van der Waals surface area contributed by atoms with Crippen LogP contribution in [-0.2, 0) is 6.42 Å². The van der Waals surface area contributed by atoms with Crippen molar-refractivity contribution in [2.45, 2.75) is 17.2 Å². The van der Waals surface area contributed by atoms with Crippen LogP contribution in [0.3, 0.4) is 0 Å². The molecule has 0 atom stereocenters. The number of rotatable bonds is 5. The van der Waals surface area contributed by atoms with Gasteiger partial charge in [-0.2, -0.15) is 0 Å². The van der Waals surface area contributed by atoms with Crippen LogP contribution in [0.15, 0.2) is 34.1 Å². The molecular formula is C11H13N3S2. The lowest BCUT2D eigenvalue weighted by Crippen LogP contribution is -1.90. The number of nitrogens with two attached hydrogens (primary N) is 1. The van der Waals surface area contributed by atoms with Gasteiger partial charge in [0.05, 0.1) is 0 Å². The monoisotopic (exact) mass is 251 g/mol. The van der Waals surface area contributed by atoms with Crippen LogP contribution in [0.25, 0.3) is 0 Å². The van der Waals surface area contributed by atoms with E-state index in [-0.39, 0.29) is 0 Å². The van der Waals surface area contributed by atoms with Crippen LogP contribution in [0, 0.1) is 0 Å². The van der Waals surface area contributed by atoms with Gasteiger partial charge < -0.3 is 5.73 Å². The molecule has 16 heavy (non-hydrogen) atoms. The first-order valence-electron chi connectivity index (χ1n) is 5.08. The van der Waals surface area contributed by atoms with E-state index in [4.69, 9.17) is 5.73 Å². The van der Waals surface area contributed by atoms with Crippen molar-refractivity contribution in [1.29, 1.82) is 0 Å². The van der Waals surface area contributed by atoms with E-state index >= 15 is 0 Å². The number of thioether (sulfide) groups is 1. The molecular weight excluding hydrogens is 238 g/mol. The Balaban J connectivity index is 1.72. The molecule has 1 aromatic carbocycles. The van der Waals surface area contributed by atoms with Crippen LogP contribution in [0.2, 0.25) is 0 Å². The second-order valence-corrected chi connectivity index (χ2v) is 5.58. The van der Waals surface area contributed by atoms with Gasteiger partial charge in [-0.3, -0.25) is 0 Å². The molecule has 3 nitrogen and oxygen atoms in total. The summed E-state index contributed by atoms with van der Waals surface area (Å²) in [5.41, 5.74) is 9.63. The Hall–Kier alpha value is -1.07. The molecule has 0 aliphatic heterocycles. The topological polar surface area (TPSA) is 51.8 Å². The molecule has 1 heterocycles. The number of nitrogen functional groups attached to an aromatic ring is 1. The van der Waals surface area contributed by atoms with Crippen molar-refractivity contribution in [2.24, 2.45) is 0 Å². The molecule has 0 fully saturated rings. The summed E-state index contributed by atoms with van der Waals surface area (Å²) in [4.78, 5) is 0. The molecule has 0 unspecified atom stereocenters. The molecule has 1 aromatic heterocycles. The molecule has 0 saturated heterocycles. The first-order valence-corrected chi connectivity index (χ1v) is 6.94. The lowest BCUT2D eigenvalue weighted by molar-refractivity contribution is 0.930. The van der Waals surface area contributed by atoms with Gasteiger partial charge in [-0.15, -0.1) is 10.2 Å². The minimum Gasteiger partial charge on any atom is -0.399 e. The van der Waals surface area contributed by atoms with Gasteiger partial charge in [-0.05, 0) is 30.5 Å². The van der Waals surface area contributed by atoms with Crippen molar-refractivity contribution in [1.82, 2.24) is 10.2 Å². The quantitative estimate of drug-likeness (QED) is 0.504. The maximum Gasteiger partial charge on any atom is 0.174 e. The predicted octanol–water partition coefficient (Wildman–Crippen LogP) is 2.85. The lowest BCUT2D eigenvalue weighted by atomic mass is 10.1. The third-order valence-electron chi connectivity index (χ3n) is 2.13. The molecule has 0 saturated carbocycles. The summed E-state index contributed by atoms with van der Waals surface area (Å²) in [6, 6.07) is 8.07. The summed E-state index contributed by atoms with van der Waals surface area (Å²) in [7, 11) is 0. The van der Waals surface area contributed by atoms with E-state index in [0.29, 0.717) is 0 Å². The lowest BCUT2D eigenvalue weighted by Gasteiger charge is -2.01. The van der Waals surface area contributed by atoms with Crippen molar-refractivity contribution < 1.29 is 0 Å². The second kappa shape index (κ2) is 5.86. The third-order valence-corrected chi connectivity index (χ3v) is 4.07. The van der Waals surface area contributed by atoms with Gasteiger partial charge >= 0.3 is 0 Å². The van der Waals surface area contributed by atoms with Gasteiger partial charge in [-0.1, -0.05) is 35.2 Å². The van der Waals surface area contributed by atoms with Gasteiger partial charge in [-0.25, -0.2) is 0 Å². The molecule has 0 aliphatic carbocycles. The van der Waals surface area contributed by atoms with E-state index in [1.54, 1.807) is 28.6 Å². The fourth-order valence-corrected chi connectivity index (χ4v) is 2.91. The minimum atomic E-state index is 0.842. The summed E-state index contributed by atoms with van der Waals surface area (Å²) >= 11 is 3.36. The summed E-state index contributed by atoms with van der Waals surface area (Å²) in [6.07, 6.45) is 2.20. The molecule has 0 radical (unpaired) electrons. The Labute approximate surface area is 103 Å². The van der Waals surface area contributed by atoms with Gasteiger partial charge in [0.2, 0.25) is 0 Å². The van der Waals surface area contributed by atoms with E-state index in [0.717, 1.165) is 28.6 Å². The van der Waals surface area contributed by atoms with Crippen molar-refractivity contribution in [3.05, 3.63) is 35.3 Å². The Morgan fingerprint density at radius 1 is 1.38 bits per heavy atom. The fourth-order valence-electron chi connectivity index (χ4n) is 1.41. The van der Waals surface area contributed by atoms with Crippen LogP contribution in [0.1, 0.15) is 12.0 Å². The number of hydrogen-bond acceptors (Lipinski definition) is 5. The van der Waals surface area contributed by atoms with Crippen LogP contribution in [0.4, 0.5) is 5.69 Å². The molecule has 0 bridgehead atoms. The maximum atomic E-state index is 5.72. The summed E-state index contributed by atoms with van der Waals surface area (Å²) in [5.74, 6) is 1.07. The standard InChI is InChI=1S/C11H13N3S2/c12-10-5-1-3-9(7-10)4-2-6-15-11-14-13-8-16-11/h1,3,5,7-8H,2,4,6,12H2. The van der Waals surface area contributed by atoms with E-state index in [2.05, 4.69) is 16.3 Å². The van der Waals surface area contributed by atoms with E-state index in [9.17, 15) is 0 Å². The molecule has 0 amide bonds. The highest BCUT2D eigenvalue weighted by molar-refractivity contribution is 8.00. The summed E-state index contributed by atoms with van der Waals surface area (Å²) < 4.78 is 1.05. The molecule has 84 valence electrons. The SMILES string of the molecule is Nc1cccc(CCCSc2nncs2)c1. The first-order chi connectivity index (χ1) is 7.84. The average Bonchev–Trinajstić information content (AvgIpc) is 2.77. The van der Waals surface area contributed by atoms with E-state index < -0.39 is 0 Å². The Kier molecular flexibility index (Phi) is 4.18. The Morgan fingerprint density at radius 2 is 2.31 bits per heavy atom. The van der Waals surface area contributed by atoms with Gasteiger partial charge in [0, 0.05) is 11.4 Å². The van der Waals surface area contributed by atoms with Crippen LogP contribution in [-0.4, -0.2) is 16.0 Å². The molecule has 0 spiro atoms. The summed E-state index contributed by atoms with van der Waals surface area (Å²) in [5, 5.41) is 7.79. The Morgan fingerprint density at radius 3 is 3.06 bits per heavy atom. The largest absolute Gasteiger partial charge is 0.399 e. The number of aryl methyl sites for hydroxylation is 1. The minimum absolute atomic E-state index is 0.842. The molecule has 0 aliphatic rings. The zero-order valence-corrected chi connectivity index (χ0v) is 10.4. The van der Waals surface area contributed by atoms with Gasteiger partial charge in [0.15, 0.2) is 4.34 Å². The highest BCUT2D eigenvalue weighted by Gasteiger charge is 1.98. The number of anilines is 1. The Bertz CT molecular complexity index is 429. The third kappa shape index (κ3) is 3.50. The molecule has 2 rings (SSSR count). The van der Waals surface area contributed by atoms with E-state index in [1.165, 1.54) is 5.56 Å².